The fourth-order valence-electron chi connectivity index (χ4n) is 2.20. The summed E-state index contributed by atoms with van der Waals surface area (Å²) in [6, 6.07) is 1.49. The van der Waals surface area contributed by atoms with Crippen molar-refractivity contribution in [2.24, 2.45) is 5.84 Å². The van der Waals surface area contributed by atoms with E-state index < -0.39 is 11.4 Å². The van der Waals surface area contributed by atoms with E-state index in [2.05, 4.69) is 0 Å². The van der Waals surface area contributed by atoms with Gasteiger partial charge in [0.15, 0.2) is 0 Å². The third-order valence-electron chi connectivity index (χ3n) is 3.43. The molecule has 2 rings (SSSR count). The number of nitrogens with two attached hydrogens (primary N) is 2. The summed E-state index contributed by atoms with van der Waals surface area (Å²) in [5, 5.41) is 11.2. The molecular weight excluding hydrogens is 257 g/mol. The van der Waals surface area contributed by atoms with Crippen LogP contribution in [0.3, 0.4) is 0 Å². The van der Waals surface area contributed by atoms with Crippen molar-refractivity contribution in [2.75, 3.05) is 17.3 Å². The Morgan fingerprint density at radius 1 is 1.56 bits per heavy atom. The van der Waals surface area contributed by atoms with Crippen LogP contribution in [-0.4, -0.2) is 17.3 Å². The molecule has 0 bridgehead atoms. The summed E-state index contributed by atoms with van der Waals surface area (Å²) < 4.78 is 13.7. The lowest BCUT2D eigenvalue weighted by Crippen LogP contribution is -2.51. The molecule has 0 heterocycles. The molecule has 100 valence electrons. The number of rotatable bonds is 3. The predicted octanol–water partition coefficient (Wildman–Crippen LogP) is 1.96. The number of benzene rings is 1. The molecule has 0 atom stereocenters. The number of nitrogens with zero attached hydrogens (tertiary/aromatic N) is 1. The van der Waals surface area contributed by atoms with Crippen LogP contribution < -0.4 is 16.6 Å². The summed E-state index contributed by atoms with van der Waals surface area (Å²) in [5.74, 6) is 5.32. The van der Waals surface area contributed by atoms with Gasteiger partial charge in [-0.1, -0.05) is 11.6 Å². The second kappa shape index (κ2) is 4.57. The van der Waals surface area contributed by atoms with Crippen LogP contribution in [0.5, 0.6) is 0 Å². The molecule has 18 heavy (non-hydrogen) atoms. The summed E-state index contributed by atoms with van der Waals surface area (Å²) in [6.07, 6.45) is 2.34. The first kappa shape index (κ1) is 13.4. The number of aryl methyl sites for hydroxylation is 1. The van der Waals surface area contributed by atoms with Gasteiger partial charge in [-0.05, 0) is 37.8 Å². The molecule has 0 amide bonds. The number of hydrogen-bond acceptors (Lipinski definition) is 4. The zero-order valence-corrected chi connectivity index (χ0v) is 11.0. The maximum Gasteiger partial charge on any atom is 0.147 e. The monoisotopic (exact) mass is 273 g/mol. The second-order valence-electron chi connectivity index (χ2n) is 4.97. The molecule has 1 aliphatic carbocycles. The number of halogens is 2. The third-order valence-corrected chi connectivity index (χ3v) is 3.77. The Balaban J connectivity index is 2.30. The topological polar surface area (TPSA) is 75.5 Å². The van der Waals surface area contributed by atoms with Crippen LogP contribution in [0.2, 0.25) is 5.02 Å². The van der Waals surface area contributed by atoms with Gasteiger partial charge in [-0.25, -0.2) is 10.2 Å². The van der Waals surface area contributed by atoms with Gasteiger partial charge >= 0.3 is 0 Å². The molecule has 0 aromatic heterocycles. The minimum Gasteiger partial charge on any atom is -0.397 e. The lowest BCUT2D eigenvalue weighted by atomic mass is 9.80. The van der Waals surface area contributed by atoms with E-state index in [9.17, 15) is 9.50 Å². The maximum absolute atomic E-state index is 13.7. The van der Waals surface area contributed by atoms with E-state index in [4.69, 9.17) is 23.2 Å². The maximum atomic E-state index is 13.7. The number of hydrazine groups is 1. The van der Waals surface area contributed by atoms with Gasteiger partial charge in [-0.2, -0.15) is 0 Å². The van der Waals surface area contributed by atoms with Gasteiger partial charge in [0.25, 0.3) is 0 Å². The summed E-state index contributed by atoms with van der Waals surface area (Å²) in [5.41, 5.74) is 5.92. The molecule has 1 aromatic rings. The summed E-state index contributed by atoms with van der Waals surface area (Å²) in [4.78, 5) is 0. The van der Waals surface area contributed by atoms with Gasteiger partial charge in [0.05, 0.1) is 23.5 Å². The Hall–Kier alpha value is -1.04. The molecule has 1 aromatic carbocycles. The van der Waals surface area contributed by atoms with Crippen molar-refractivity contribution in [1.29, 1.82) is 0 Å². The van der Waals surface area contributed by atoms with Crippen molar-refractivity contribution >= 4 is 23.0 Å². The van der Waals surface area contributed by atoms with Crippen LogP contribution in [0.4, 0.5) is 15.8 Å². The first-order valence-corrected chi connectivity index (χ1v) is 6.20. The van der Waals surface area contributed by atoms with Gasteiger partial charge in [0.1, 0.15) is 10.8 Å². The average molecular weight is 274 g/mol. The van der Waals surface area contributed by atoms with E-state index in [1.165, 1.54) is 11.1 Å². The Kier molecular flexibility index (Phi) is 3.40. The molecule has 6 heteroatoms. The summed E-state index contributed by atoms with van der Waals surface area (Å²) >= 11 is 5.93. The quantitative estimate of drug-likeness (QED) is 0.447. The highest BCUT2D eigenvalue weighted by molar-refractivity contribution is 6.34. The SMILES string of the molecule is Cc1cc(N)c(N(N)CC2(O)CCC2)c(Cl)c1F. The lowest BCUT2D eigenvalue weighted by Gasteiger charge is -2.40. The Labute approximate surface area is 110 Å². The van der Waals surface area contributed by atoms with E-state index >= 15 is 0 Å². The molecule has 1 aliphatic rings. The van der Waals surface area contributed by atoms with Crippen LogP contribution >= 0.6 is 11.6 Å². The number of nitrogen functional groups attached to an aromatic ring is 1. The fourth-order valence-corrected chi connectivity index (χ4v) is 2.57. The number of hydrogen-bond donors (Lipinski definition) is 3. The summed E-state index contributed by atoms with van der Waals surface area (Å²) in [7, 11) is 0. The fraction of sp³-hybridized carbons (Fsp3) is 0.500. The molecule has 1 saturated carbocycles. The Bertz CT molecular complexity index is 477. The molecule has 4 nitrogen and oxygen atoms in total. The molecule has 1 fully saturated rings. The first-order chi connectivity index (χ1) is 8.34. The summed E-state index contributed by atoms with van der Waals surface area (Å²) in [6.45, 7) is 1.78. The Morgan fingerprint density at radius 2 is 2.17 bits per heavy atom. The van der Waals surface area contributed by atoms with Crippen molar-refractivity contribution in [3.05, 3.63) is 22.5 Å². The van der Waals surface area contributed by atoms with Crippen molar-refractivity contribution in [1.82, 2.24) is 0 Å². The molecular formula is C12H17ClFN3O. The van der Waals surface area contributed by atoms with E-state index in [-0.39, 0.29) is 17.3 Å². The smallest absolute Gasteiger partial charge is 0.147 e. The van der Waals surface area contributed by atoms with Gasteiger partial charge < -0.3 is 15.8 Å². The standard InChI is InChI=1S/C12H17ClFN3O/c1-7-5-8(15)11(9(13)10(7)14)17(16)6-12(18)3-2-4-12/h5,18H,2-4,6,15-16H2,1H3. The number of aliphatic hydroxyl groups is 1. The highest BCUT2D eigenvalue weighted by atomic mass is 35.5. The van der Waals surface area contributed by atoms with Crippen LogP contribution in [0.15, 0.2) is 6.07 Å². The zero-order chi connectivity index (χ0) is 13.5. The van der Waals surface area contributed by atoms with E-state index in [1.807, 2.05) is 0 Å². The molecule has 0 radical (unpaired) electrons. The molecule has 0 spiro atoms. The van der Waals surface area contributed by atoms with Crippen LogP contribution in [0.1, 0.15) is 24.8 Å². The van der Waals surface area contributed by atoms with E-state index in [1.54, 1.807) is 6.92 Å². The van der Waals surface area contributed by atoms with E-state index in [0.29, 0.717) is 24.1 Å². The minimum atomic E-state index is -0.814. The highest BCUT2D eigenvalue weighted by Crippen LogP contribution is 2.38. The van der Waals surface area contributed by atoms with Gasteiger partial charge in [0.2, 0.25) is 0 Å². The third kappa shape index (κ3) is 2.25. The van der Waals surface area contributed by atoms with Crippen LogP contribution in [0, 0.1) is 12.7 Å². The number of anilines is 2. The largest absolute Gasteiger partial charge is 0.397 e. The molecule has 0 aliphatic heterocycles. The van der Waals surface area contributed by atoms with Crippen molar-refractivity contribution in [2.45, 2.75) is 31.8 Å². The predicted molar refractivity (Wildman–Crippen MR) is 70.9 cm³/mol. The van der Waals surface area contributed by atoms with E-state index in [0.717, 1.165) is 6.42 Å². The second-order valence-corrected chi connectivity index (χ2v) is 5.34. The normalized spacial score (nSPS) is 17.4. The van der Waals surface area contributed by atoms with Crippen molar-refractivity contribution < 1.29 is 9.50 Å². The van der Waals surface area contributed by atoms with Crippen molar-refractivity contribution in [3.63, 3.8) is 0 Å². The average Bonchev–Trinajstić information content (AvgIpc) is 2.24. The van der Waals surface area contributed by atoms with Gasteiger partial charge in [-0.15, -0.1) is 0 Å². The highest BCUT2D eigenvalue weighted by Gasteiger charge is 2.36. The van der Waals surface area contributed by atoms with Crippen LogP contribution in [-0.2, 0) is 0 Å². The molecule has 0 saturated heterocycles. The Morgan fingerprint density at radius 3 is 2.67 bits per heavy atom. The van der Waals surface area contributed by atoms with Gasteiger partial charge in [-0.3, -0.25) is 0 Å². The molecule has 5 N–H and O–H groups in total. The van der Waals surface area contributed by atoms with Gasteiger partial charge in [0, 0.05) is 0 Å². The lowest BCUT2D eigenvalue weighted by molar-refractivity contribution is -0.0255. The van der Waals surface area contributed by atoms with Crippen molar-refractivity contribution in [3.8, 4) is 0 Å². The minimum absolute atomic E-state index is 0.0991. The zero-order valence-electron chi connectivity index (χ0n) is 10.2. The molecule has 0 unspecified atom stereocenters. The first-order valence-electron chi connectivity index (χ1n) is 5.83. The van der Waals surface area contributed by atoms with Crippen LogP contribution in [0.25, 0.3) is 0 Å².